The van der Waals surface area contributed by atoms with Crippen molar-refractivity contribution in [3.63, 3.8) is 0 Å². The van der Waals surface area contributed by atoms with Gasteiger partial charge in [-0.05, 0) is 50.5 Å². The van der Waals surface area contributed by atoms with Gasteiger partial charge in [0.2, 0.25) is 5.88 Å². The molecule has 1 aromatic heterocycles. The summed E-state index contributed by atoms with van der Waals surface area (Å²) in [5.41, 5.74) is 6.11. The van der Waals surface area contributed by atoms with Gasteiger partial charge in [-0.25, -0.2) is 23.1 Å². The van der Waals surface area contributed by atoms with E-state index in [9.17, 15) is 18.0 Å². The number of alkyl halides is 2. The Bertz CT molecular complexity index is 1060. The molecule has 0 saturated heterocycles. The van der Waals surface area contributed by atoms with E-state index in [4.69, 9.17) is 16.9 Å². The van der Waals surface area contributed by atoms with E-state index in [0.29, 0.717) is 18.3 Å². The van der Waals surface area contributed by atoms with Gasteiger partial charge in [-0.15, -0.1) is 6.42 Å². The molecule has 0 spiro atoms. The SMILES string of the molecule is C#CCOc1cnc(C(=O)Nc2cc(C)c(F)c(C[C@@](C)(S/C(N)=N\CC)C(F)F)c2)cn1. The van der Waals surface area contributed by atoms with E-state index >= 15 is 0 Å². The molecular formula is C22H24F3N5O2S. The maximum atomic E-state index is 14.8. The number of aromatic nitrogens is 2. The Kier molecular flexibility index (Phi) is 9.11. The molecule has 176 valence electrons. The zero-order valence-electron chi connectivity index (χ0n) is 18.4. The summed E-state index contributed by atoms with van der Waals surface area (Å²) in [7, 11) is 0. The summed E-state index contributed by atoms with van der Waals surface area (Å²) >= 11 is 0.694. The van der Waals surface area contributed by atoms with Crippen LogP contribution in [0.15, 0.2) is 29.5 Å². The van der Waals surface area contributed by atoms with Crippen LogP contribution in [0.2, 0.25) is 0 Å². The number of carbonyl (C=O) groups is 1. The molecule has 1 aromatic carbocycles. The number of nitrogens with two attached hydrogens (primary N) is 1. The van der Waals surface area contributed by atoms with E-state index in [-0.39, 0.29) is 46.6 Å². The van der Waals surface area contributed by atoms with Crippen LogP contribution >= 0.6 is 11.8 Å². The van der Waals surface area contributed by atoms with E-state index in [2.05, 4.69) is 26.2 Å². The molecule has 1 amide bonds. The number of ether oxygens (including phenoxy) is 1. The van der Waals surface area contributed by atoms with Crippen molar-refractivity contribution >= 4 is 28.5 Å². The van der Waals surface area contributed by atoms with Crippen LogP contribution in [-0.4, -0.2) is 45.4 Å². The second-order valence-corrected chi connectivity index (χ2v) is 8.71. The smallest absolute Gasteiger partial charge is 0.275 e. The normalized spacial score (nSPS) is 13.3. The Balaban J connectivity index is 2.26. The third-order valence-electron chi connectivity index (χ3n) is 4.41. The van der Waals surface area contributed by atoms with Gasteiger partial charge < -0.3 is 15.8 Å². The fourth-order valence-corrected chi connectivity index (χ4v) is 3.81. The van der Waals surface area contributed by atoms with E-state index in [1.54, 1.807) is 6.92 Å². The van der Waals surface area contributed by atoms with Crippen molar-refractivity contribution < 1.29 is 22.7 Å². The predicted octanol–water partition coefficient (Wildman–Crippen LogP) is 3.82. The summed E-state index contributed by atoms with van der Waals surface area (Å²) in [6, 6.07) is 2.71. The Hall–Kier alpha value is -3.26. The Labute approximate surface area is 194 Å². The summed E-state index contributed by atoms with van der Waals surface area (Å²) in [5, 5.41) is 2.58. The van der Waals surface area contributed by atoms with Gasteiger partial charge in [0, 0.05) is 12.2 Å². The fourth-order valence-electron chi connectivity index (χ4n) is 2.83. The standard InChI is InChI=1S/C22H24F3N5O2S/c1-5-7-32-17-12-28-16(11-29-17)19(31)30-15-8-13(3)18(23)14(9-15)10-22(4,20(24)25)33-21(26)27-6-2/h1,8-9,11-12,20H,6-7,10H2,2-4H3,(H2,26,27)(H,30,31)/t22-/m1/s1. The molecule has 0 aliphatic heterocycles. The second-order valence-electron chi connectivity index (χ2n) is 7.16. The van der Waals surface area contributed by atoms with Crippen LogP contribution in [0.25, 0.3) is 0 Å². The number of hydrogen-bond donors (Lipinski definition) is 2. The van der Waals surface area contributed by atoms with E-state index in [1.165, 1.54) is 38.4 Å². The molecule has 0 bridgehead atoms. The molecule has 2 aromatic rings. The number of rotatable bonds is 9. The lowest BCUT2D eigenvalue weighted by Crippen LogP contribution is -2.36. The van der Waals surface area contributed by atoms with Gasteiger partial charge in [-0.3, -0.25) is 9.79 Å². The first-order valence-electron chi connectivity index (χ1n) is 9.85. The van der Waals surface area contributed by atoms with E-state index in [1.807, 2.05) is 0 Å². The van der Waals surface area contributed by atoms with Gasteiger partial charge in [-0.1, -0.05) is 17.7 Å². The molecule has 0 saturated carbocycles. The second kappa shape index (κ2) is 11.6. The highest BCUT2D eigenvalue weighted by Crippen LogP contribution is 2.37. The minimum atomic E-state index is -2.81. The number of anilines is 1. The molecule has 2 rings (SSSR count). The highest BCUT2D eigenvalue weighted by Gasteiger charge is 2.38. The van der Waals surface area contributed by atoms with Crippen LogP contribution in [0.3, 0.4) is 0 Å². The van der Waals surface area contributed by atoms with E-state index in [0.717, 1.165) is 0 Å². The summed E-state index contributed by atoms with van der Waals surface area (Å²) in [5.74, 6) is 1.18. The van der Waals surface area contributed by atoms with Crippen molar-refractivity contribution in [3.05, 3.63) is 47.2 Å². The maximum absolute atomic E-state index is 14.8. The lowest BCUT2D eigenvalue weighted by atomic mass is 9.97. The molecule has 1 atom stereocenters. The molecule has 0 radical (unpaired) electrons. The number of nitrogens with one attached hydrogen (secondary N) is 1. The molecule has 3 N–H and O–H groups in total. The summed E-state index contributed by atoms with van der Waals surface area (Å²) in [4.78, 5) is 24.3. The summed E-state index contributed by atoms with van der Waals surface area (Å²) < 4.78 is 45.9. The number of nitrogens with zero attached hydrogens (tertiary/aromatic N) is 3. The van der Waals surface area contributed by atoms with Gasteiger partial charge in [0.05, 0.1) is 17.1 Å². The molecule has 11 heteroatoms. The van der Waals surface area contributed by atoms with Crippen LogP contribution < -0.4 is 15.8 Å². The van der Waals surface area contributed by atoms with E-state index < -0.39 is 22.9 Å². The summed E-state index contributed by atoms with van der Waals surface area (Å²) in [6.07, 6.45) is 4.38. The molecule has 0 aliphatic carbocycles. The number of benzene rings is 1. The fraction of sp³-hybridized carbons (Fsp3) is 0.364. The number of carbonyl (C=O) groups excluding carboxylic acids is 1. The first kappa shape index (κ1) is 26.0. The van der Waals surface area contributed by atoms with Crippen LogP contribution in [0.1, 0.15) is 35.5 Å². The maximum Gasteiger partial charge on any atom is 0.275 e. The number of amides is 1. The lowest BCUT2D eigenvalue weighted by Gasteiger charge is -2.28. The summed E-state index contributed by atoms with van der Waals surface area (Å²) in [6.45, 7) is 4.84. The monoisotopic (exact) mass is 479 g/mol. The van der Waals surface area contributed by atoms with Crippen molar-refractivity contribution in [3.8, 4) is 18.2 Å². The number of thioether (sulfide) groups is 1. The highest BCUT2D eigenvalue weighted by molar-refractivity contribution is 8.15. The quantitative estimate of drug-likeness (QED) is 0.322. The van der Waals surface area contributed by atoms with Crippen molar-refractivity contribution in [2.75, 3.05) is 18.5 Å². The largest absolute Gasteiger partial charge is 0.463 e. The van der Waals surface area contributed by atoms with Crippen LogP contribution in [0, 0.1) is 25.1 Å². The van der Waals surface area contributed by atoms with Gasteiger partial charge in [0.25, 0.3) is 12.3 Å². The molecule has 0 aliphatic rings. The average Bonchev–Trinajstić information content (AvgIpc) is 2.76. The van der Waals surface area contributed by atoms with Crippen molar-refractivity contribution in [2.24, 2.45) is 10.7 Å². The minimum absolute atomic E-state index is 0.00360. The number of aliphatic imine (C=N–C) groups is 1. The van der Waals surface area contributed by atoms with Crippen LogP contribution in [0.5, 0.6) is 5.88 Å². The molecule has 0 fully saturated rings. The predicted molar refractivity (Wildman–Crippen MR) is 123 cm³/mol. The van der Waals surface area contributed by atoms with Gasteiger partial charge in [-0.2, -0.15) is 0 Å². The highest BCUT2D eigenvalue weighted by atomic mass is 32.2. The number of hydrogen-bond acceptors (Lipinski definition) is 6. The minimum Gasteiger partial charge on any atom is -0.463 e. The van der Waals surface area contributed by atoms with Crippen molar-refractivity contribution in [2.45, 2.75) is 38.4 Å². The first-order valence-corrected chi connectivity index (χ1v) is 10.7. The van der Waals surface area contributed by atoms with Gasteiger partial charge in [0.1, 0.15) is 11.5 Å². The molecular weight excluding hydrogens is 455 g/mol. The van der Waals surface area contributed by atoms with Crippen molar-refractivity contribution in [1.29, 1.82) is 0 Å². The third-order valence-corrected chi connectivity index (χ3v) is 5.53. The Morgan fingerprint density at radius 3 is 2.70 bits per heavy atom. The third kappa shape index (κ3) is 7.12. The van der Waals surface area contributed by atoms with Gasteiger partial charge in [0.15, 0.2) is 11.8 Å². The van der Waals surface area contributed by atoms with Gasteiger partial charge >= 0.3 is 0 Å². The first-order chi connectivity index (χ1) is 15.6. The molecule has 7 nitrogen and oxygen atoms in total. The Morgan fingerprint density at radius 1 is 1.39 bits per heavy atom. The van der Waals surface area contributed by atoms with Crippen LogP contribution in [0.4, 0.5) is 18.9 Å². The van der Waals surface area contributed by atoms with Crippen LogP contribution in [-0.2, 0) is 6.42 Å². The topological polar surface area (TPSA) is 102 Å². The number of terminal acetylenes is 1. The molecule has 1 heterocycles. The van der Waals surface area contributed by atoms with Crippen molar-refractivity contribution in [1.82, 2.24) is 9.97 Å². The zero-order valence-corrected chi connectivity index (χ0v) is 19.2. The lowest BCUT2D eigenvalue weighted by molar-refractivity contribution is 0.102. The molecule has 33 heavy (non-hydrogen) atoms. The molecule has 0 unspecified atom stereocenters. The average molecular weight is 480 g/mol. The number of halogens is 3. The number of aryl methyl sites for hydroxylation is 1. The number of amidine groups is 1. The zero-order chi connectivity index (χ0) is 24.6. The Morgan fingerprint density at radius 2 is 2.12 bits per heavy atom.